The van der Waals surface area contributed by atoms with Crippen LogP contribution in [-0.2, 0) is 0 Å². The lowest BCUT2D eigenvalue weighted by molar-refractivity contribution is 0.103. The summed E-state index contributed by atoms with van der Waals surface area (Å²) in [5.74, 6) is 0.521. The van der Waals surface area contributed by atoms with Crippen LogP contribution >= 0.6 is 11.6 Å². The molecule has 0 aromatic heterocycles. The molecule has 3 nitrogen and oxygen atoms in total. The van der Waals surface area contributed by atoms with E-state index < -0.39 is 0 Å². The highest BCUT2D eigenvalue weighted by molar-refractivity contribution is 6.34. The molecule has 0 unspecified atom stereocenters. The van der Waals surface area contributed by atoms with E-state index in [2.05, 4.69) is 0 Å². The number of ether oxygens (including phenoxy) is 1. The van der Waals surface area contributed by atoms with Crippen LogP contribution in [0.15, 0.2) is 84.9 Å². The number of rotatable bonds is 8. The van der Waals surface area contributed by atoms with Gasteiger partial charge in [0.15, 0.2) is 11.6 Å². The summed E-state index contributed by atoms with van der Waals surface area (Å²) >= 11 is 6.05. The van der Waals surface area contributed by atoms with Crippen LogP contribution in [0.3, 0.4) is 0 Å². The topological polar surface area (TPSA) is 43.4 Å². The number of carbonyl (C=O) groups excluding carboxylic acids is 2. The molecule has 0 bridgehead atoms. The van der Waals surface area contributed by atoms with Crippen LogP contribution < -0.4 is 4.74 Å². The van der Waals surface area contributed by atoms with E-state index in [1.165, 1.54) is 6.08 Å². The molecule has 0 aliphatic rings. The Morgan fingerprint density at radius 2 is 1.37 bits per heavy atom. The van der Waals surface area contributed by atoms with E-state index in [-0.39, 0.29) is 11.6 Å². The second kappa shape index (κ2) is 10.4. The zero-order valence-electron chi connectivity index (χ0n) is 16.5. The fourth-order valence-electron chi connectivity index (χ4n) is 2.79. The fourth-order valence-corrected chi connectivity index (χ4v) is 3.02. The molecule has 0 aliphatic heterocycles. The summed E-state index contributed by atoms with van der Waals surface area (Å²) < 4.78 is 5.38. The van der Waals surface area contributed by atoms with E-state index in [0.717, 1.165) is 16.9 Å². The summed E-state index contributed by atoms with van der Waals surface area (Å²) in [6.07, 6.45) is 6.55. The quantitative estimate of drug-likeness (QED) is 0.309. The molecule has 3 aromatic rings. The van der Waals surface area contributed by atoms with E-state index in [1.54, 1.807) is 66.8 Å². The molecule has 0 spiro atoms. The minimum absolute atomic E-state index is 0.0765. The predicted octanol–water partition coefficient (Wildman–Crippen LogP) is 6.53. The number of allylic oxidation sites excluding steroid dienone is 2. The van der Waals surface area contributed by atoms with Crippen molar-refractivity contribution in [1.82, 2.24) is 0 Å². The second-order valence-electron chi connectivity index (χ2n) is 6.50. The van der Waals surface area contributed by atoms with Gasteiger partial charge in [0, 0.05) is 11.1 Å². The lowest BCUT2D eigenvalue weighted by atomic mass is 10.1. The molecule has 0 saturated carbocycles. The van der Waals surface area contributed by atoms with Crippen molar-refractivity contribution in [1.29, 1.82) is 0 Å². The van der Waals surface area contributed by atoms with Crippen molar-refractivity contribution in [2.24, 2.45) is 0 Å². The fraction of sp³-hybridized carbons (Fsp3) is 0.0769. The van der Waals surface area contributed by atoms with Crippen LogP contribution in [0.1, 0.15) is 38.8 Å². The van der Waals surface area contributed by atoms with Crippen molar-refractivity contribution >= 4 is 35.3 Å². The SMILES string of the molecule is CCOc1ccc(C(=O)/C=C/c2ccc(/C=C/C(=O)c3ccccc3Cl)cc2)cc1. The number of hydrogen-bond acceptors (Lipinski definition) is 3. The number of carbonyl (C=O) groups is 2. The number of halogens is 1. The van der Waals surface area contributed by atoms with Gasteiger partial charge in [0.2, 0.25) is 0 Å². The van der Waals surface area contributed by atoms with Crippen molar-refractivity contribution in [2.45, 2.75) is 6.92 Å². The van der Waals surface area contributed by atoms with Crippen LogP contribution in [0.5, 0.6) is 5.75 Å². The molecule has 0 amide bonds. The smallest absolute Gasteiger partial charge is 0.187 e. The molecule has 3 rings (SSSR count). The summed E-state index contributed by atoms with van der Waals surface area (Å²) in [6.45, 7) is 2.51. The minimum atomic E-state index is -0.148. The van der Waals surface area contributed by atoms with Crippen LogP contribution in [0.25, 0.3) is 12.2 Å². The molecule has 30 heavy (non-hydrogen) atoms. The maximum Gasteiger partial charge on any atom is 0.187 e. The van der Waals surface area contributed by atoms with Gasteiger partial charge >= 0.3 is 0 Å². The average Bonchev–Trinajstić information content (AvgIpc) is 2.77. The van der Waals surface area contributed by atoms with Crippen molar-refractivity contribution in [3.63, 3.8) is 0 Å². The van der Waals surface area contributed by atoms with Crippen LogP contribution in [-0.4, -0.2) is 18.2 Å². The van der Waals surface area contributed by atoms with Gasteiger partial charge in [-0.15, -0.1) is 0 Å². The number of benzene rings is 3. The molecule has 0 atom stereocenters. The zero-order valence-corrected chi connectivity index (χ0v) is 17.3. The van der Waals surface area contributed by atoms with Crippen molar-refractivity contribution in [2.75, 3.05) is 6.61 Å². The highest BCUT2D eigenvalue weighted by atomic mass is 35.5. The Morgan fingerprint density at radius 3 is 1.93 bits per heavy atom. The molecular formula is C26H21ClO3. The summed E-state index contributed by atoms with van der Waals surface area (Å²) in [6, 6.07) is 21.6. The number of hydrogen-bond donors (Lipinski definition) is 0. The molecule has 0 radical (unpaired) electrons. The molecule has 4 heteroatoms. The molecule has 0 saturated heterocycles. The molecule has 0 aliphatic carbocycles. The predicted molar refractivity (Wildman–Crippen MR) is 122 cm³/mol. The van der Waals surface area contributed by atoms with Gasteiger partial charge in [0.1, 0.15) is 5.75 Å². The van der Waals surface area contributed by atoms with E-state index in [9.17, 15) is 9.59 Å². The van der Waals surface area contributed by atoms with E-state index in [0.29, 0.717) is 22.8 Å². The molecule has 150 valence electrons. The average molecular weight is 417 g/mol. The van der Waals surface area contributed by atoms with Crippen LogP contribution in [0, 0.1) is 0 Å². The lowest BCUT2D eigenvalue weighted by Gasteiger charge is -2.03. The van der Waals surface area contributed by atoms with E-state index in [4.69, 9.17) is 16.3 Å². The minimum Gasteiger partial charge on any atom is -0.494 e. The van der Waals surface area contributed by atoms with Crippen molar-refractivity contribution < 1.29 is 14.3 Å². The largest absolute Gasteiger partial charge is 0.494 e. The first-order valence-corrected chi connectivity index (χ1v) is 9.97. The molecule has 0 fully saturated rings. The first kappa shape index (κ1) is 21.3. The van der Waals surface area contributed by atoms with E-state index in [1.807, 2.05) is 31.2 Å². The van der Waals surface area contributed by atoms with Gasteiger partial charge in [-0.1, -0.05) is 60.2 Å². The third-order valence-corrected chi connectivity index (χ3v) is 4.71. The highest BCUT2D eigenvalue weighted by Gasteiger charge is 2.06. The van der Waals surface area contributed by atoms with Crippen molar-refractivity contribution in [3.05, 3.63) is 112 Å². The Bertz CT molecular complexity index is 1080. The van der Waals surface area contributed by atoms with Gasteiger partial charge in [-0.3, -0.25) is 9.59 Å². The maximum atomic E-state index is 12.3. The highest BCUT2D eigenvalue weighted by Crippen LogP contribution is 2.17. The first-order valence-electron chi connectivity index (χ1n) is 9.59. The number of ketones is 2. The summed E-state index contributed by atoms with van der Waals surface area (Å²) in [5, 5.41) is 0.435. The monoisotopic (exact) mass is 416 g/mol. The lowest BCUT2D eigenvalue weighted by Crippen LogP contribution is -1.95. The Hall–Kier alpha value is -3.43. The summed E-state index contributed by atoms with van der Waals surface area (Å²) in [7, 11) is 0. The zero-order chi connectivity index (χ0) is 21.3. The Labute approximate surface area is 181 Å². The normalized spacial score (nSPS) is 11.1. The van der Waals surface area contributed by atoms with E-state index >= 15 is 0 Å². The molecule has 0 N–H and O–H groups in total. The first-order chi connectivity index (χ1) is 14.6. The van der Waals surface area contributed by atoms with Gasteiger partial charge in [0.25, 0.3) is 0 Å². The Balaban J connectivity index is 1.62. The standard InChI is InChI=1S/C26H21ClO3/c1-2-30-22-15-13-21(14-16-22)25(28)17-11-19-7-9-20(10-8-19)12-18-26(29)23-5-3-4-6-24(23)27/h3-18H,2H2,1H3/b17-11+,18-12+. The third kappa shape index (κ3) is 5.79. The van der Waals surface area contributed by atoms with Gasteiger partial charge in [0.05, 0.1) is 11.6 Å². The van der Waals surface area contributed by atoms with Crippen molar-refractivity contribution in [3.8, 4) is 5.75 Å². The second-order valence-corrected chi connectivity index (χ2v) is 6.91. The van der Waals surface area contributed by atoms with Gasteiger partial charge < -0.3 is 4.74 Å². The Kier molecular flexibility index (Phi) is 7.36. The van der Waals surface area contributed by atoms with Gasteiger partial charge in [-0.05, 0) is 66.6 Å². The molecule has 0 heterocycles. The molecule has 3 aromatic carbocycles. The van der Waals surface area contributed by atoms with Crippen LogP contribution in [0.2, 0.25) is 5.02 Å². The summed E-state index contributed by atoms with van der Waals surface area (Å²) in [5.41, 5.74) is 2.85. The van der Waals surface area contributed by atoms with Gasteiger partial charge in [-0.2, -0.15) is 0 Å². The summed E-state index contributed by atoms with van der Waals surface area (Å²) in [4.78, 5) is 24.6. The third-order valence-electron chi connectivity index (χ3n) is 4.38. The Morgan fingerprint density at radius 1 is 0.800 bits per heavy atom. The maximum absolute atomic E-state index is 12.3. The van der Waals surface area contributed by atoms with Crippen LogP contribution in [0.4, 0.5) is 0 Å². The van der Waals surface area contributed by atoms with Gasteiger partial charge in [-0.25, -0.2) is 0 Å². The molecular weight excluding hydrogens is 396 g/mol.